The lowest BCUT2D eigenvalue weighted by atomic mass is 10.0. The highest BCUT2D eigenvalue weighted by molar-refractivity contribution is 7.45. The molecule has 1 aliphatic rings. The van der Waals surface area contributed by atoms with Gasteiger partial charge in [-0.05, 0) is 19.0 Å². The smallest absolute Gasteiger partial charge is 0.0788 e. The van der Waals surface area contributed by atoms with Gasteiger partial charge >= 0.3 is 0 Å². The molecule has 0 amide bonds. The number of hydrogen-bond acceptors (Lipinski definition) is 1. The summed E-state index contributed by atoms with van der Waals surface area (Å²) in [6, 6.07) is 0. The fraction of sp³-hybridized carbons (Fsp3) is 1.00. The fourth-order valence-electron chi connectivity index (χ4n) is 1.71. The van der Waals surface area contributed by atoms with Crippen LogP contribution >= 0.6 is 7.80 Å². The molecule has 0 bridgehead atoms. The molecule has 0 N–H and O–H groups in total. The van der Waals surface area contributed by atoms with Gasteiger partial charge in [0.1, 0.15) is 0 Å². The Hall–Kier alpha value is 0.230. The molecule has 0 radical (unpaired) electrons. The van der Waals surface area contributed by atoms with Gasteiger partial charge in [0, 0.05) is 5.66 Å². The van der Waals surface area contributed by atoms with Gasteiger partial charge in [-0.15, -0.1) is 0 Å². The summed E-state index contributed by atoms with van der Waals surface area (Å²) in [6.45, 7) is 2.05. The lowest BCUT2D eigenvalue weighted by Gasteiger charge is -2.20. The lowest BCUT2D eigenvalue weighted by Crippen LogP contribution is -2.08. The van der Waals surface area contributed by atoms with Crippen molar-refractivity contribution in [2.75, 3.05) is 6.16 Å². The molecular weight excluding hydrogens is 143 g/mol. The van der Waals surface area contributed by atoms with Gasteiger partial charge in [0.2, 0.25) is 0 Å². The van der Waals surface area contributed by atoms with Crippen LogP contribution in [0.4, 0.5) is 0 Å². The van der Waals surface area contributed by atoms with Crippen LogP contribution in [0.1, 0.15) is 39.0 Å². The topological polar surface area (TPSA) is 17.1 Å². The van der Waals surface area contributed by atoms with Gasteiger partial charge in [0.15, 0.2) is 0 Å². The Morgan fingerprint density at radius 3 is 2.40 bits per heavy atom. The van der Waals surface area contributed by atoms with Gasteiger partial charge in [0.25, 0.3) is 0 Å². The normalized spacial score (nSPS) is 24.5. The van der Waals surface area contributed by atoms with Gasteiger partial charge in [-0.2, -0.15) is 0 Å². The molecular formula is C8H17OP. The third kappa shape index (κ3) is 2.12. The van der Waals surface area contributed by atoms with E-state index in [1.54, 1.807) is 0 Å². The SMILES string of the molecule is CC[PH](=O)C1CCCCC1. The van der Waals surface area contributed by atoms with Crippen LogP contribution in [-0.4, -0.2) is 11.8 Å². The van der Waals surface area contributed by atoms with Crippen LogP contribution < -0.4 is 0 Å². The minimum absolute atomic E-state index is 0.615. The van der Waals surface area contributed by atoms with Crippen molar-refractivity contribution in [2.24, 2.45) is 0 Å². The van der Waals surface area contributed by atoms with Crippen molar-refractivity contribution in [2.45, 2.75) is 44.7 Å². The molecule has 1 unspecified atom stereocenters. The van der Waals surface area contributed by atoms with Crippen LogP contribution in [0.3, 0.4) is 0 Å². The molecule has 60 valence electrons. The third-order valence-corrected chi connectivity index (χ3v) is 4.59. The molecule has 1 rings (SSSR count). The number of hydrogen-bond donors (Lipinski definition) is 0. The fourth-order valence-corrected chi connectivity index (χ4v) is 3.34. The van der Waals surface area contributed by atoms with Crippen molar-refractivity contribution in [1.82, 2.24) is 0 Å². The predicted octanol–water partition coefficient (Wildman–Crippen LogP) is 2.90. The van der Waals surface area contributed by atoms with E-state index in [4.69, 9.17) is 0 Å². The first-order valence-electron chi connectivity index (χ1n) is 4.37. The van der Waals surface area contributed by atoms with Crippen molar-refractivity contribution in [1.29, 1.82) is 0 Å². The molecule has 1 fully saturated rings. The Balaban J connectivity index is 2.31. The van der Waals surface area contributed by atoms with Crippen molar-refractivity contribution in [3.05, 3.63) is 0 Å². The summed E-state index contributed by atoms with van der Waals surface area (Å²) in [6.07, 6.45) is 7.42. The van der Waals surface area contributed by atoms with Crippen LogP contribution in [0.25, 0.3) is 0 Å². The molecule has 0 spiro atoms. The number of rotatable bonds is 2. The van der Waals surface area contributed by atoms with Gasteiger partial charge in [0.05, 0.1) is 7.80 Å². The van der Waals surface area contributed by atoms with E-state index in [1.807, 2.05) is 0 Å². The van der Waals surface area contributed by atoms with Crippen molar-refractivity contribution in [3.63, 3.8) is 0 Å². The first-order valence-corrected chi connectivity index (χ1v) is 6.06. The Morgan fingerprint density at radius 1 is 1.30 bits per heavy atom. The van der Waals surface area contributed by atoms with Crippen LogP contribution in [0.5, 0.6) is 0 Å². The van der Waals surface area contributed by atoms with Gasteiger partial charge < -0.3 is 4.57 Å². The summed E-state index contributed by atoms with van der Waals surface area (Å²) >= 11 is 0. The maximum Gasteiger partial charge on any atom is 0.0788 e. The van der Waals surface area contributed by atoms with Gasteiger partial charge in [-0.3, -0.25) is 0 Å². The molecule has 0 heterocycles. The standard InChI is InChI=1S/C8H17OP/c1-2-10(9)8-6-4-3-5-7-8/h8,10H,2-7H2,1H3. The van der Waals surface area contributed by atoms with E-state index in [9.17, 15) is 4.57 Å². The Kier molecular flexibility index (Phi) is 3.48. The van der Waals surface area contributed by atoms with E-state index >= 15 is 0 Å². The first-order chi connectivity index (χ1) is 4.84. The van der Waals surface area contributed by atoms with Crippen molar-refractivity contribution >= 4 is 7.80 Å². The maximum atomic E-state index is 11.4. The quantitative estimate of drug-likeness (QED) is 0.567. The van der Waals surface area contributed by atoms with Crippen molar-refractivity contribution < 1.29 is 4.57 Å². The highest BCUT2D eigenvalue weighted by Crippen LogP contribution is 2.37. The molecule has 0 aromatic carbocycles. The second kappa shape index (κ2) is 4.18. The first kappa shape index (κ1) is 8.33. The predicted molar refractivity (Wildman–Crippen MR) is 46.4 cm³/mol. The minimum atomic E-state index is -1.18. The highest BCUT2D eigenvalue weighted by Gasteiger charge is 2.17. The van der Waals surface area contributed by atoms with E-state index in [-0.39, 0.29) is 0 Å². The van der Waals surface area contributed by atoms with E-state index in [2.05, 4.69) is 6.92 Å². The lowest BCUT2D eigenvalue weighted by molar-refractivity contribution is 0.491. The molecule has 0 saturated heterocycles. The molecule has 1 nitrogen and oxygen atoms in total. The zero-order chi connectivity index (χ0) is 7.40. The molecule has 0 aromatic heterocycles. The molecule has 2 heteroatoms. The summed E-state index contributed by atoms with van der Waals surface area (Å²) in [7, 11) is -1.18. The molecule has 1 aliphatic carbocycles. The van der Waals surface area contributed by atoms with Crippen LogP contribution in [0, 0.1) is 0 Å². The van der Waals surface area contributed by atoms with E-state index < -0.39 is 7.80 Å². The molecule has 1 saturated carbocycles. The van der Waals surface area contributed by atoms with Crippen LogP contribution in [0.15, 0.2) is 0 Å². The van der Waals surface area contributed by atoms with E-state index in [0.29, 0.717) is 5.66 Å². The van der Waals surface area contributed by atoms with E-state index in [1.165, 1.54) is 32.1 Å². The molecule has 1 atom stereocenters. The Morgan fingerprint density at radius 2 is 1.90 bits per heavy atom. The van der Waals surface area contributed by atoms with Crippen molar-refractivity contribution in [3.8, 4) is 0 Å². The van der Waals surface area contributed by atoms with Gasteiger partial charge in [-0.1, -0.05) is 26.2 Å². The summed E-state index contributed by atoms with van der Waals surface area (Å²) < 4.78 is 11.4. The summed E-state index contributed by atoms with van der Waals surface area (Å²) in [5.74, 6) is 0. The molecule has 0 aromatic rings. The van der Waals surface area contributed by atoms with E-state index in [0.717, 1.165) is 6.16 Å². The second-order valence-corrected chi connectivity index (χ2v) is 5.61. The summed E-state index contributed by atoms with van der Waals surface area (Å²) in [5.41, 5.74) is 0.615. The van der Waals surface area contributed by atoms with Gasteiger partial charge in [-0.25, -0.2) is 0 Å². The largest absolute Gasteiger partial charge is 0.327 e. The second-order valence-electron chi connectivity index (χ2n) is 3.15. The summed E-state index contributed by atoms with van der Waals surface area (Å²) in [4.78, 5) is 0. The average molecular weight is 160 g/mol. The average Bonchev–Trinajstić information content (AvgIpc) is 2.05. The highest BCUT2D eigenvalue weighted by atomic mass is 31.1. The molecule has 0 aliphatic heterocycles. The minimum Gasteiger partial charge on any atom is -0.327 e. The zero-order valence-electron chi connectivity index (χ0n) is 6.73. The Labute approximate surface area is 64.0 Å². The monoisotopic (exact) mass is 160 g/mol. The van der Waals surface area contributed by atoms with Crippen LogP contribution in [0.2, 0.25) is 0 Å². The molecule has 10 heavy (non-hydrogen) atoms. The maximum absolute atomic E-state index is 11.4. The Bertz CT molecular complexity index is 116. The van der Waals surface area contributed by atoms with Crippen LogP contribution in [-0.2, 0) is 4.57 Å². The summed E-state index contributed by atoms with van der Waals surface area (Å²) in [5, 5.41) is 0. The zero-order valence-corrected chi connectivity index (χ0v) is 7.73. The third-order valence-electron chi connectivity index (χ3n) is 2.41.